The Morgan fingerprint density at radius 1 is 0.559 bits per heavy atom. The number of carbonyl (C=O) groups excluding carboxylic acids is 1. The average molecular weight is 517 g/mol. The second-order valence-electron chi connectivity index (χ2n) is 7.36. The van der Waals surface area contributed by atoms with Crippen molar-refractivity contribution in [2.45, 2.75) is 12.8 Å². The van der Waals surface area contributed by atoms with Crippen molar-refractivity contribution in [1.29, 1.82) is 0 Å². The van der Waals surface area contributed by atoms with Crippen LogP contribution in [0.2, 0.25) is 15.1 Å². The fourth-order valence-electron chi connectivity index (χ4n) is 3.22. The predicted octanol–water partition coefficient (Wildman–Crippen LogP) is 6.74. The van der Waals surface area contributed by atoms with Gasteiger partial charge in [0.25, 0.3) is 0 Å². The Balaban J connectivity index is 1.80. The molecule has 0 unspecified atom stereocenters. The fraction of sp³-hybridized carbons (Fsp3) is 0.0833. The van der Waals surface area contributed by atoms with Crippen LogP contribution in [0.25, 0.3) is 0 Å². The van der Waals surface area contributed by atoms with Gasteiger partial charge < -0.3 is 15.3 Å². The van der Waals surface area contributed by atoms with E-state index < -0.39 is 0 Å². The van der Waals surface area contributed by atoms with Gasteiger partial charge in [-0.1, -0.05) is 34.8 Å². The molecule has 4 rings (SSSR count). The van der Waals surface area contributed by atoms with Crippen molar-refractivity contribution in [2.24, 2.45) is 15.0 Å². The Morgan fingerprint density at radius 3 is 1.29 bits per heavy atom. The van der Waals surface area contributed by atoms with E-state index in [0.29, 0.717) is 28.5 Å². The molecule has 0 atom stereocenters. The summed E-state index contributed by atoms with van der Waals surface area (Å²) in [6.45, 7) is 0. The van der Waals surface area contributed by atoms with Crippen LogP contribution in [0, 0.1) is 0 Å². The van der Waals surface area contributed by atoms with Gasteiger partial charge >= 0.3 is 0 Å². The summed E-state index contributed by atoms with van der Waals surface area (Å²) in [4.78, 5) is 26.4. The summed E-state index contributed by atoms with van der Waals surface area (Å²) < 4.78 is 0. The summed E-state index contributed by atoms with van der Waals surface area (Å²) in [5, 5.41) is 29.4. The van der Waals surface area contributed by atoms with Crippen molar-refractivity contribution in [3.63, 3.8) is 0 Å². The van der Waals surface area contributed by atoms with Crippen LogP contribution in [-0.4, -0.2) is 38.2 Å². The molecule has 0 spiro atoms. The lowest BCUT2D eigenvalue weighted by Crippen LogP contribution is -2.33. The zero-order valence-electron chi connectivity index (χ0n) is 17.3. The van der Waals surface area contributed by atoms with Crippen molar-refractivity contribution in [1.82, 2.24) is 0 Å². The number of hydrogen-bond donors (Lipinski definition) is 3. The number of carbonyl (C=O) groups is 1. The molecule has 1 saturated carbocycles. The molecule has 3 aromatic carbocycles. The van der Waals surface area contributed by atoms with Crippen LogP contribution >= 0.6 is 34.8 Å². The Morgan fingerprint density at radius 2 is 0.912 bits per heavy atom. The van der Waals surface area contributed by atoms with E-state index in [-0.39, 0.29) is 56.7 Å². The molecule has 7 nitrogen and oxygen atoms in total. The highest BCUT2D eigenvalue weighted by molar-refractivity contribution is 6.62. The van der Waals surface area contributed by atoms with Gasteiger partial charge in [0.05, 0.1) is 55.7 Å². The van der Waals surface area contributed by atoms with E-state index in [0.717, 1.165) is 0 Å². The van der Waals surface area contributed by atoms with E-state index in [9.17, 15) is 20.1 Å². The standard InChI is InChI=1S/C24H16Cl3N3O4/c25-15-7-12(31)1-4-18(15)28-21-10-23(30-20-6-3-14(33)9-17(20)27)24(34)11-22(21)29-19-5-2-13(32)8-16(19)26/h1-9,31-33H,10-11H2. The highest BCUT2D eigenvalue weighted by Crippen LogP contribution is 2.33. The Bertz CT molecular complexity index is 1400. The number of ketones is 1. The van der Waals surface area contributed by atoms with Crippen molar-refractivity contribution in [3.8, 4) is 17.2 Å². The zero-order chi connectivity index (χ0) is 24.4. The molecule has 0 bridgehead atoms. The Labute approximate surface area is 209 Å². The molecule has 172 valence electrons. The normalized spacial score (nSPS) is 17.6. The first-order chi connectivity index (χ1) is 16.2. The molecule has 34 heavy (non-hydrogen) atoms. The highest BCUT2D eigenvalue weighted by atomic mass is 35.5. The third-order valence-corrected chi connectivity index (χ3v) is 5.79. The second-order valence-corrected chi connectivity index (χ2v) is 8.58. The zero-order valence-corrected chi connectivity index (χ0v) is 19.6. The molecule has 0 amide bonds. The van der Waals surface area contributed by atoms with Gasteiger partial charge in [-0.2, -0.15) is 0 Å². The van der Waals surface area contributed by atoms with Crippen LogP contribution in [0.1, 0.15) is 12.8 Å². The molecular formula is C24H16Cl3N3O4. The summed E-state index contributed by atoms with van der Waals surface area (Å²) in [6, 6.07) is 12.9. The van der Waals surface area contributed by atoms with Crippen LogP contribution in [0.4, 0.5) is 17.1 Å². The highest BCUT2D eigenvalue weighted by Gasteiger charge is 2.28. The van der Waals surface area contributed by atoms with Crippen molar-refractivity contribution < 1.29 is 20.1 Å². The van der Waals surface area contributed by atoms with Crippen LogP contribution in [0.5, 0.6) is 17.2 Å². The minimum absolute atomic E-state index is 0.0123. The number of hydrogen-bond acceptors (Lipinski definition) is 7. The van der Waals surface area contributed by atoms with E-state index in [2.05, 4.69) is 15.0 Å². The number of aromatic hydroxyl groups is 3. The van der Waals surface area contributed by atoms with Crippen LogP contribution in [-0.2, 0) is 4.79 Å². The van der Waals surface area contributed by atoms with Gasteiger partial charge in [-0.25, -0.2) is 15.0 Å². The number of rotatable bonds is 3. The van der Waals surface area contributed by atoms with Gasteiger partial charge in [0.15, 0.2) is 5.78 Å². The number of nitrogens with zero attached hydrogens (tertiary/aromatic N) is 3. The van der Waals surface area contributed by atoms with Gasteiger partial charge in [-0.3, -0.25) is 4.79 Å². The van der Waals surface area contributed by atoms with Crippen LogP contribution in [0.15, 0.2) is 69.6 Å². The summed E-state index contributed by atoms with van der Waals surface area (Å²) in [5.41, 5.74) is 2.04. The maximum Gasteiger partial charge on any atom is 0.183 e. The summed E-state index contributed by atoms with van der Waals surface area (Å²) >= 11 is 18.6. The van der Waals surface area contributed by atoms with E-state index in [4.69, 9.17) is 34.8 Å². The number of phenolic OH excluding ortho intramolecular Hbond substituents is 3. The third kappa shape index (κ3) is 5.39. The first kappa shape index (κ1) is 23.8. The quantitative estimate of drug-likeness (QED) is 0.357. The van der Waals surface area contributed by atoms with E-state index in [1.54, 1.807) is 6.07 Å². The smallest absolute Gasteiger partial charge is 0.183 e. The molecule has 0 aliphatic heterocycles. The fourth-order valence-corrected chi connectivity index (χ4v) is 3.87. The lowest BCUT2D eigenvalue weighted by Gasteiger charge is -2.18. The summed E-state index contributed by atoms with van der Waals surface area (Å²) in [7, 11) is 0. The molecule has 1 fully saturated rings. The van der Waals surface area contributed by atoms with E-state index >= 15 is 0 Å². The van der Waals surface area contributed by atoms with Crippen molar-refractivity contribution in [2.75, 3.05) is 0 Å². The van der Waals surface area contributed by atoms with Crippen molar-refractivity contribution in [3.05, 3.63) is 69.7 Å². The molecule has 1 aliphatic rings. The number of Topliss-reactive ketones (excluding diaryl/α,β-unsaturated/α-hetero) is 1. The molecule has 0 heterocycles. The number of benzene rings is 3. The molecule has 3 N–H and O–H groups in total. The lowest BCUT2D eigenvalue weighted by atomic mass is 9.92. The molecule has 0 radical (unpaired) electrons. The minimum Gasteiger partial charge on any atom is -0.508 e. The van der Waals surface area contributed by atoms with Gasteiger partial charge in [0.1, 0.15) is 17.2 Å². The van der Waals surface area contributed by atoms with Gasteiger partial charge in [-0.15, -0.1) is 0 Å². The number of aliphatic imine (C=N–C) groups is 3. The first-order valence-electron chi connectivity index (χ1n) is 9.91. The molecule has 0 aromatic heterocycles. The SMILES string of the molecule is O=C1CC(=Nc2ccc(O)cc2Cl)C(=Nc2ccc(O)cc2Cl)CC1=Nc1ccc(O)cc1Cl. The van der Waals surface area contributed by atoms with E-state index in [1.165, 1.54) is 48.5 Å². The molecular weight excluding hydrogens is 501 g/mol. The predicted molar refractivity (Wildman–Crippen MR) is 135 cm³/mol. The Hall–Kier alpha value is -3.39. The van der Waals surface area contributed by atoms with Crippen LogP contribution < -0.4 is 0 Å². The molecule has 1 aliphatic carbocycles. The topological polar surface area (TPSA) is 115 Å². The van der Waals surface area contributed by atoms with Gasteiger partial charge in [0.2, 0.25) is 0 Å². The first-order valence-corrected chi connectivity index (χ1v) is 11.0. The van der Waals surface area contributed by atoms with Gasteiger partial charge in [0, 0.05) is 24.6 Å². The molecule has 3 aromatic rings. The Kier molecular flexibility index (Phi) is 6.88. The largest absolute Gasteiger partial charge is 0.508 e. The lowest BCUT2D eigenvalue weighted by molar-refractivity contribution is -0.112. The monoisotopic (exact) mass is 515 g/mol. The summed E-state index contributed by atoms with van der Waals surface area (Å²) in [5.74, 6) is -0.331. The van der Waals surface area contributed by atoms with Gasteiger partial charge in [-0.05, 0) is 36.4 Å². The average Bonchev–Trinajstić information content (AvgIpc) is 2.76. The molecule has 10 heteroatoms. The second kappa shape index (κ2) is 9.85. The van der Waals surface area contributed by atoms with E-state index in [1.807, 2.05) is 0 Å². The molecule has 0 saturated heterocycles. The minimum atomic E-state index is -0.284. The third-order valence-electron chi connectivity index (χ3n) is 4.88. The number of halogens is 3. The maximum atomic E-state index is 12.9. The maximum absolute atomic E-state index is 12.9. The van der Waals surface area contributed by atoms with Crippen LogP contribution in [0.3, 0.4) is 0 Å². The van der Waals surface area contributed by atoms with Crippen molar-refractivity contribution >= 4 is 74.8 Å². The number of phenols is 3. The summed E-state index contributed by atoms with van der Waals surface area (Å²) in [6.07, 6.45) is -0.0813.